The van der Waals surface area contributed by atoms with E-state index in [4.69, 9.17) is 10.5 Å². The van der Waals surface area contributed by atoms with Gasteiger partial charge in [-0.25, -0.2) is 4.79 Å². The molecule has 1 aromatic carbocycles. The third kappa shape index (κ3) is 31.1. The van der Waals surface area contributed by atoms with E-state index in [1.807, 2.05) is 48.5 Å². The van der Waals surface area contributed by atoms with Crippen LogP contribution in [0.3, 0.4) is 0 Å². The summed E-state index contributed by atoms with van der Waals surface area (Å²) in [7, 11) is 0. The van der Waals surface area contributed by atoms with Crippen molar-refractivity contribution in [2.24, 2.45) is 34.3 Å². The number of carbonyl (C=O) groups excluding carboxylic acids is 7. The van der Waals surface area contributed by atoms with Crippen molar-refractivity contribution in [3.05, 3.63) is 41.7 Å². The third-order valence-corrected chi connectivity index (χ3v) is 9.67. The lowest BCUT2D eigenvalue weighted by Gasteiger charge is -2.41. The van der Waals surface area contributed by atoms with E-state index in [9.17, 15) is 43.5 Å². The van der Waals surface area contributed by atoms with E-state index in [-0.39, 0.29) is 79.8 Å². The molecule has 0 aliphatic carbocycles. The molecule has 0 saturated carbocycles. The normalized spacial score (nSPS) is 11.8. The molecular weight excluding hydrogens is 835 g/mol. The molecule has 0 aromatic heterocycles. The first-order valence-electron chi connectivity index (χ1n) is 22.5. The van der Waals surface area contributed by atoms with Crippen molar-refractivity contribution < 1.29 is 48.2 Å². The highest BCUT2D eigenvalue weighted by molar-refractivity contribution is 5.99. The largest absolute Gasteiger partial charge is 0.481 e. The number of ketones is 2. The number of hydrogen-bond donors (Lipinski definition) is 8. The molecule has 1 unspecified atom stereocenters. The summed E-state index contributed by atoms with van der Waals surface area (Å²) >= 11 is 0. The minimum atomic E-state index is -1.08. The third-order valence-electron chi connectivity index (χ3n) is 9.67. The van der Waals surface area contributed by atoms with Crippen LogP contribution in [0, 0.1) is 28.6 Å². The summed E-state index contributed by atoms with van der Waals surface area (Å²) in [6, 6.07) is 4.62. The zero-order chi connectivity index (χ0) is 51.3. The van der Waals surface area contributed by atoms with Gasteiger partial charge in [-0.2, -0.15) is 0 Å². The number of nitrogens with two attached hydrogens (primary N) is 1. The number of Topliss-reactive ketones (excluding diaryl/α,β-unsaturated/α-hetero) is 2. The average molecular weight is 920 g/mol. The molecular formula is C48H85N7O10. The van der Waals surface area contributed by atoms with Crippen molar-refractivity contribution in [3.8, 4) is 0 Å². The summed E-state index contributed by atoms with van der Waals surface area (Å²) in [6.45, 7) is 33.8. The number of rotatable bonds is 23. The molecule has 17 heteroatoms. The molecule has 1 aromatic rings. The highest BCUT2D eigenvalue weighted by atomic mass is 16.6. The van der Waals surface area contributed by atoms with Crippen LogP contribution in [-0.4, -0.2) is 84.1 Å². The van der Waals surface area contributed by atoms with Gasteiger partial charge in [0, 0.05) is 43.2 Å². The molecule has 0 aliphatic heterocycles. The highest BCUT2D eigenvalue weighted by Gasteiger charge is 2.39. The van der Waals surface area contributed by atoms with Crippen LogP contribution in [0.4, 0.5) is 10.5 Å². The summed E-state index contributed by atoms with van der Waals surface area (Å²) in [5.74, 6) is -3.37. The van der Waals surface area contributed by atoms with Crippen LogP contribution in [0.5, 0.6) is 0 Å². The predicted molar refractivity (Wildman–Crippen MR) is 258 cm³/mol. The van der Waals surface area contributed by atoms with Crippen LogP contribution >= 0.6 is 0 Å². The fourth-order valence-corrected chi connectivity index (χ4v) is 5.31. The van der Waals surface area contributed by atoms with Crippen molar-refractivity contribution in [2.75, 3.05) is 31.5 Å². The lowest BCUT2D eigenvalue weighted by molar-refractivity contribution is -0.142. The smallest absolute Gasteiger partial charge is 0.407 e. The van der Waals surface area contributed by atoms with Crippen LogP contribution in [-0.2, 0) is 40.0 Å². The Morgan fingerprint density at radius 1 is 0.769 bits per heavy atom. The molecule has 0 aliphatic rings. The van der Waals surface area contributed by atoms with Gasteiger partial charge in [0.1, 0.15) is 17.2 Å². The minimum absolute atomic E-state index is 0.0206. The molecule has 0 spiro atoms. The van der Waals surface area contributed by atoms with E-state index in [0.29, 0.717) is 23.6 Å². The molecule has 1 rings (SSSR count). The monoisotopic (exact) mass is 920 g/mol. The molecule has 0 heterocycles. The van der Waals surface area contributed by atoms with Crippen molar-refractivity contribution in [1.82, 2.24) is 26.6 Å². The van der Waals surface area contributed by atoms with Crippen molar-refractivity contribution in [1.29, 1.82) is 0 Å². The van der Waals surface area contributed by atoms with E-state index in [2.05, 4.69) is 52.3 Å². The maximum Gasteiger partial charge on any atom is 0.407 e. The fourth-order valence-electron chi connectivity index (χ4n) is 5.31. The van der Waals surface area contributed by atoms with E-state index in [1.54, 1.807) is 40.7 Å². The standard InChI is InChI=1S/C32H50N4O8.C11H21N3O2.C3H8.C2H6/c1-19(2)24(14-26(39)40)28(42)34-17-21-11-22(27(41)33-16-20(3)37)13-23(12-21)36-25(38)15-31(7,8)32(9,10)18-35-29(43)44-30(4,5)6;1-8(5-4-6-13-10(3)12)11(16)14-7-9(2)15;1-3-2;1-2/h11-13,19,24H,14-18H2,1-10H3,(H,33,41)(H,34,42)(H,35,43)(H,36,38)(H,39,40);8,13H,3-7,12H2,1-2H3,(H,14,16);3H2,1-2H3;1-2H3/t;8-;;/m.0../s1. The van der Waals surface area contributed by atoms with Gasteiger partial charge in [0.15, 0.2) is 0 Å². The Labute approximate surface area is 389 Å². The van der Waals surface area contributed by atoms with Gasteiger partial charge in [-0.05, 0) is 88.0 Å². The zero-order valence-corrected chi connectivity index (χ0v) is 42.4. The Kier molecular flexibility index (Phi) is 31.6. The summed E-state index contributed by atoms with van der Waals surface area (Å²) in [6.07, 6.45) is 2.05. The van der Waals surface area contributed by atoms with Crippen LogP contribution in [0.15, 0.2) is 30.6 Å². The number of hydrogen-bond acceptors (Lipinski definition) is 11. The minimum Gasteiger partial charge on any atom is -0.481 e. The second-order valence-electron chi connectivity index (χ2n) is 18.4. The first-order chi connectivity index (χ1) is 29.9. The lowest BCUT2D eigenvalue weighted by atomic mass is 9.66. The first kappa shape index (κ1) is 63.8. The van der Waals surface area contributed by atoms with E-state index in [0.717, 1.165) is 12.8 Å². The fraction of sp³-hybridized carbons (Fsp3) is 0.667. The molecule has 0 bridgehead atoms. The predicted octanol–water partition coefficient (Wildman–Crippen LogP) is 6.84. The second kappa shape index (κ2) is 32.2. The number of carbonyl (C=O) groups is 8. The number of aliphatic carboxylic acids is 1. The summed E-state index contributed by atoms with van der Waals surface area (Å²) in [5.41, 5.74) is 4.54. The molecule has 372 valence electrons. The van der Waals surface area contributed by atoms with Gasteiger partial charge in [0.2, 0.25) is 17.7 Å². The quantitative estimate of drug-likeness (QED) is 0.0525. The van der Waals surface area contributed by atoms with Gasteiger partial charge < -0.3 is 47.5 Å². The Hall–Kier alpha value is -5.48. The van der Waals surface area contributed by atoms with Gasteiger partial charge in [-0.3, -0.25) is 33.6 Å². The highest BCUT2D eigenvalue weighted by Crippen LogP contribution is 2.41. The van der Waals surface area contributed by atoms with Crippen molar-refractivity contribution in [2.45, 2.75) is 155 Å². The van der Waals surface area contributed by atoms with E-state index in [1.165, 1.54) is 32.4 Å². The van der Waals surface area contributed by atoms with Crippen molar-refractivity contribution in [3.63, 3.8) is 0 Å². The average Bonchev–Trinajstić information content (AvgIpc) is 3.17. The van der Waals surface area contributed by atoms with Gasteiger partial charge in [-0.1, -0.05) is 89.2 Å². The van der Waals surface area contributed by atoms with Crippen molar-refractivity contribution >= 4 is 52.9 Å². The first-order valence-corrected chi connectivity index (χ1v) is 22.5. The topological polar surface area (TPSA) is 264 Å². The van der Waals surface area contributed by atoms with Crippen LogP contribution in [0.1, 0.15) is 159 Å². The number of carboxylic acids is 1. The molecule has 9 N–H and O–H groups in total. The molecule has 0 fully saturated rings. The van der Waals surface area contributed by atoms with Gasteiger partial charge in [0.05, 0.1) is 31.2 Å². The number of amides is 5. The van der Waals surface area contributed by atoms with Crippen LogP contribution < -0.4 is 37.6 Å². The maximum atomic E-state index is 13.2. The second-order valence-corrected chi connectivity index (χ2v) is 18.4. The van der Waals surface area contributed by atoms with Crippen LogP contribution in [0.2, 0.25) is 0 Å². The molecule has 65 heavy (non-hydrogen) atoms. The maximum absolute atomic E-state index is 13.2. The Balaban J connectivity index is -0.00000152. The van der Waals surface area contributed by atoms with Gasteiger partial charge in [0.25, 0.3) is 5.91 Å². The molecule has 5 amide bonds. The molecule has 0 saturated heterocycles. The zero-order valence-electron chi connectivity index (χ0n) is 42.4. The van der Waals surface area contributed by atoms with Gasteiger partial charge >= 0.3 is 12.1 Å². The van der Waals surface area contributed by atoms with E-state index >= 15 is 0 Å². The number of ether oxygens (including phenoxy) is 1. The SMILES string of the molecule is C=C(N)NCCC[C@H](C)C(=O)NCC(C)=O.CC.CC(=O)CNC(=O)c1cc(CNC(=O)C(CC(=O)O)C(C)C)cc(NC(=O)CC(C)(C)C(C)(C)CNC(=O)OC(C)(C)C)c1.CCC. The number of anilines is 1. The summed E-state index contributed by atoms with van der Waals surface area (Å²) in [4.78, 5) is 95.8. The van der Waals surface area contributed by atoms with E-state index < -0.39 is 46.2 Å². The lowest BCUT2D eigenvalue weighted by Crippen LogP contribution is -2.45. The number of alkyl carbamates (subject to hydrolysis) is 1. The molecule has 0 radical (unpaired) electrons. The number of nitrogens with one attached hydrogen (secondary N) is 6. The number of carboxylic acid groups (broad SMARTS) is 1. The number of benzene rings is 1. The Morgan fingerprint density at radius 3 is 1.78 bits per heavy atom. The summed E-state index contributed by atoms with van der Waals surface area (Å²) in [5, 5.41) is 25.5. The van der Waals surface area contributed by atoms with Gasteiger partial charge in [-0.15, -0.1) is 0 Å². The Morgan fingerprint density at radius 2 is 1.31 bits per heavy atom. The molecule has 17 nitrogen and oxygen atoms in total. The Bertz CT molecular complexity index is 1700. The summed E-state index contributed by atoms with van der Waals surface area (Å²) < 4.78 is 5.32. The molecule has 2 atom stereocenters. The van der Waals surface area contributed by atoms with Crippen LogP contribution in [0.25, 0.3) is 0 Å².